The molecule has 2 nitrogen and oxygen atoms in total. The SMILES string of the molecule is CC1CCCCCN1C(C)CNC(C)(C)C. The Morgan fingerprint density at radius 3 is 2.56 bits per heavy atom. The van der Waals surface area contributed by atoms with Gasteiger partial charge in [-0.15, -0.1) is 0 Å². The monoisotopic (exact) mass is 226 g/mol. The van der Waals surface area contributed by atoms with E-state index < -0.39 is 0 Å². The number of hydrogen-bond donors (Lipinski definition) is 1. The quantitative estimate of drug-likeness (QED) is 0.796. The lowest BCUT2D eigenvalue weighted by molar-refractivity contribution is 0.148. The van der Waals surface area contributed by atoms with Crippen molar-refractivity contribution in [2.75, 3.05) is 13.1 Å². The summed E-state index contributed by atoms with van der Waals surface area (Å²) < 4.78 is 0. The molecule has 0 aromatic carbocycles. The third-order valence-corrected chi connectivity index (χ3v) is 3.60. The van der Waals surface area contributed by atoms with E-state index in [-0.39, 0.29) is 5.54 Å². The number of nitrogens with zero attached hydrogens (tertiary/aromatic N) is 1. The summed E-state index contributed by atoms with van der Waals surface area (Å²) in [7, 11) is 0. The van der Waals surface area contributed by atoms with Crippen molar-refractivity contribution in [2.45, 2.75) is 77.9 Å². The molecule has 0 amide bonds. The molecule has 0 aromatic heterocycles. The van der Waals surface area contributed by atoms with E-state index in [1.165, 1.54) is 32.2 Å². The smallest absolute Gasteiger partial charge is 0.0195 e. The maximum absolute atomic E-state index is 3.62. The average Bonchev–Trinajstić information content (AvgIpc) is 2.38. The predicted molar refractivity (Wildman–Crippen MR) is 71.9 cm³/mol. The molecule has 96 valence electrons. The molecule has 1 aliphatic heterocycles. The predicted octanol–water partition coefficient (Wildman–Crippen LogP) is 3.03. The van der Waals surface area contributed by atoms with Crippen molar-refractivity contribution in [2.24, 2.45) is 0 Å². The molecule has 1 fully saturated rings. The van der Waals surface area contributed by atoms with Crippen molar-refractivity contribution < 1.29 is 0 Å². The van der Waals surface area contributed by atoms with Gasteiger partial charge in [-0.2, -0.15) is 0 Å². The van der Waals surface area contributed by atoms with E-state index in [1.807, 2.05) is 0 Å². The maximum Gasteiger partial charge on any atom is 0.0195 e. The number of nitrogens with one attached hydrogen (secondary N) is 1. The van der Waals surface area contributed by atoms with E-state index in [1.54, 1.807) is 0 Å². The van der Waals surface area contributed by atoms with Crippen LogP contribution in [0, 0.1) is 0 Å². The standard InChI is InChI=1S/C14H30N2/c1-12-9-7-6-8-10-16(12)13(2)11-15-14(3,4)5/h12-13,15H,6-11H2,1-5H3. The van der Waals surface area contributed by atoms with Gasteiger partial charge in [-0.25, -0.2) is 0 Å². The zero-order chi connectivity index (χ0) is 12.2. The fraction of sp³-hybridized carbons (Fsp3) is 1.00. The molecule has 1 saturated heterocycles. The fourth-order valence-electron chi connectivity index (χ4n) is 2.52. The Hall–Kier alpha value is -0.0800. The van der Waals surface area contributed by atoms with E-state index in [9.17, 15) is 0 Å². The third kappa shape index (κ3) is 4.84. The van der Waals surface area contributed by atoms with E-state index in [0.717, 1.165) is 12.6 Å². The van der Waals surface area contributed by atoms with Gasteiger partial charge in [0.15, 0.2) is 0 Å². The minimum atomic E-state index is 0.239. The molecule has 1 heterocycles. The van der Waals surface area contributed by atoms with Crippen LogP contribution in [0.25, 0.3) is 0 Å². The Kier molecular flexibility index (Phi) is 5.26. The summed E-state index contributed by atoms with van der Waals surface area (Å²) in [5.41, 5.74) is 0.239. The van der Waals surface area contributed by atoms with Crippen LogP contribution < -0.4 is 5.32 Å². The molecule has 0 aromatic rings. The molecule has 0 aliphatic carbocycles. The van der Waals surface area contributed by atoms with Crippen LogP contribution in [-0.2, 0) is 0 Å². The second-order valence-electron chi connectivity index (χ2n) is 6.42. The van der Waals surface area contributed by atoms with Crippen LogP contribution in [0.15, 0.2) is 0 Å². The van der Waals surface area contributed by atoms with Crippen molar-refractivity contribution in [1.29, 1.82) is 0 Å². The van der Waals surface area contributed by atoms with Crippen LogP contribution >= 0.6 is 0 Å². The first kappa shape index (κ1) is 14.0. The Morgan fingerprint density at radius 1 is 1.25 bits per heavy atom. The van der Waals surface area contributed by atoms with Crippen molar-refractivity contribution in [1.82, 2.24) is 10.2 Å². The molecular weight excluding hydrogens is 196 g/mol. The Balaban J connectivity index is 2.41. The zero-order valence-electron chi connectivity index (χ0n) is 11.8. The van der Waals surface area contributed by atoms with Gasteiger partial charge in [0.1, 0.15) is 0 Å². The van der Waals surface area contributed by atoms with E-state index >= 15 is 0 Å². The van der Waals surface area contributed by atoms with Crippen LogP contribution in [0.4, 0.5) is 0 Å². The molecule has 0 bridgehead atoms. The lowest BCUT2D eigenvalue weighted by Crippen LogP contribution is -2.49. The first-order valence-electron chi connectivity index (χ1n) is 6.91. The highest BCUT2D eigenvalue weighted by Crippen LogP contribution is 2.18. The number of rotatable bonds is 3. The second kappa shape index (κ2) is 6.02. The first-order chi connectivity index (χ1) is 7.40. The molecular formula is C14H30N2. The van der Waals surface area contributed by atoms with Gasteiger partial charge >= 0.3 is 0 Å². The fourth-order valence-corrected chi connectivity index (χ4v) is 2.52. The van der Waals surface area contributed by atoms with Crippen molar-refractivity contribution in [3.05, 3.63) is 0 Å². The Morgan fingerprint density at radius 2 is 1.94 bits per heavy atom. The minimum Gasteiger partial charge on any atom is -0.311 e. The maximum atomic E-state index is 3.62. The zero-order valence-corrected chi connectivity index (χ0v) is 11.8. The summed E-state index contributed by atoms with van der Waals surface area (Å²) in [6.45, 7) is 13.9. The summed E-state index contributed by atoms with van der Waals surface area (Å²) >= 11 is 0. The van der Waals surface area contributed by atoms with Crippen LogP contribution in [-0.4, -0.2) is 35.6 Å². The molecule has 1 aliphatic rings. The normalized spacial score (nSPS) is 26.4. The van der Waals surface area contributed by atoms with Crippen molar-refractivity contribution >= 4 is 0 Å². The first-order valence-corrected chi connectivity index (χ1v) is 6.91. The Bertz CT molecular complexity index is 195. The van der Waals surface area contributed by atoms with Gasteiger partial charge in [0, 0.05) is 24.2 Å². The molecule has 0 radical (unpaired) electrons. The third-order valence-electron chi connectivity index (χ3n) is 3.60. The van der Waals surface area contributed by atoms with Crippen LogP contribution in [0.1, 0.15) is 60.3 Å². The van der Waals surface area contributed by atoms with Crippen molar-refractivity contribution in [3.63, 3.8) is 0 Å². The molecule has 2 heteroatoms. The van der Waals surface area contributed by atoms with Gasteiger partial charge in [0.05, 0.1) is 0 Å². The molecule has 16 heavy (non-hydrogen) atoms. The van der Waals surface area contributed by atoms with Crippen LogP contribution in [0.3, 0.4) is 0 Å². The van der Waals surface area contributed by atoms with Crippen LogP contribution in [0.2, 0.25) is 0 Å². The van der Waals surface area contributed by atoms with Gasteiger partial charge < -0.3 is 5.32 Å². The summed E-state index contributed by atoms with van der Waals surface area (Å²) in [5.74, 6) is 0. The summed E-state index contributed by atoms with van der Waals surface area (Å²) in [4.78, 5) is 2.69. The van der Waals surface area contributed by atoms with Gasteiger partial charge in [0.25, 0.3) is 0 Å². The number of likely N-dealkylation sites (tertiary alicyclic amines) is 1. The highest BCUT2D eigenvalue weighted by atomic mass is 15.2. The number of hydrogen-bond acceptors (Lipinski definition) is 2. The lowest BCUT2D eigenvalue weighted by atomic mass is 10.1. The van der Waals surface area contributed by atoms with E-state index in [0.29, 0.717) is 6.04 Å². The molecule has 0 saturated carbocycles. The topological polar surface area (TPSA) is 15.3 Å². The summed E-state index contributed by atoms with van der Waals surface area (Å²) in [5, 5.41) is 3.62. The second-order valence-corrected chi connectivity index (χ2v) is 6.42. The highest BCUT2D eigenvalue weighted by Gasteiger charge is 2.22. The van der Waals surface area contributed by atoms with Gasteiger partial charge in [-0.1, -0.05) is 12.8 Å². The van der Waals surface area contributed by atoms with E-state index in [2.05, 4.69) is 44.8 Å². The van der Waals surface area contributed by atoms with Crippen molar-refractivity contribution in [3.8, 4) is 0 Å². The lowest BCUT2D eigenvalue weighted by Gasteiger charge is -2.35. The Labute approximate surface area is 102 Å². The highest BCUT2D eigenvalue weighted by molar-refractivity contribution is 4.80. The molecule has 0 spiro atoms. The summed E-state index contributed by atoms with van der Waals surface area (Å²) in [6.07, 6.45) is 5.58. The molecule has 1 N–H and O–H groups in total. The van der Waals surface area contributed by atoms with Gasteiger partial charge in [-0.3, -0.25) is 4.90 Å². The minimum absolute atomic E-state index is 0.239. The average molecular weight is 226 g/mol. The van der Waals surface area contributed by atoms with Crippen LogP contribution in [0.5, 0.6) is 0 Å². The molecule has 2 unspecified atom stereocenters. The van der Waals surface area contributed by atoms with Gasteiger partial charge in [0.2, 0.25) is 0 Å². The molecule has 2 atom stereocenters. The van der Waals surface area contributed by atoms with E-state index in [4.69, 9.17) is 0 Å². The van der Waals surface area contributed by atoms with Gasteiger partial charge in [-0.05, 0) is 54.0 Å². The molecule has 1 rings (SSSR count). The summed E-state index contributed by atoms with van der Waals surface area (Å²) in [6, 6.07) is 1.42. The largest absolute Gasteiger partial charge is 0.311 e.